The van der Waals surface area contributed by atoms with Crippen molar-refractivity contribution in [2.45, 2.75) is 0 Å². The van der Waals surface area contributed by atoms with E-state index in [-0.39, 0.29) is 105 Å². The fourth-order valence-electron chi connectivity index (χ4n) is 0. The molecule has 0 atom stereocenters. The van der Waals surface area contributed by atoms with Crippen LogP contribution in [0.5, 0.6) is 0 Å². The smallest absolute Gasteiger partial charge is 1.00 e. The molecule has 0 aliphatic heterocycles. The Balaban J connectivity index is -0.00000000286. The summed E-state index contributed by atoms with van der Waals surface area (Å²) in [6.07, 6.45) is 0. The zero-order chi connectivity index (χ0) is 4.50. The maximum Gasteiger partial charge on any atom is 2.00 e. The number of hydrogen-bond acceptors (Lipinski definition) is 1. The third-order valence-corrected chi connectivity index (χ3v) is 0. The van der Waals surface area contributed by atoms with Gasteiger partial charge in [0.1, 0.15) is 0 Å². The molecule has 0 saturated heterocycles. The molecule has 0 saturated carbocycles. The molecule has 0 aromatic heterocycles. The summed E-state index contributed by atoms with van der Waals surface area (Å²) in [4.78, 5) is 21.6. The van der Waals surface area contributed by atoms with Gasteiger partial charge in [0, 0.05) is 0 Å². The van der Waals surface area contributed by atoms with Crippen molar-refractivity contribution in [3.63, 3.8) is 0 Å². The summed E-state index contributed by atoms with van der Waals surface area (Å²) in [5, 5.41) is 0. The molecule has 0 aliphatic carbocycles. The second kappa shape index (κ2) is 10.3. The first-order valence-electron chi connectivity index (χ1n) is 0.783. The van der Waals surface area contributed by atoms with E-state index in [2.05, 4.69) is 0 Å². The van der Waals surface area contributed by atoms with Crippen LogP contribution in [0.25, 0.3) is 0 Å². The zero-order valence-electron chi connectivity index (χ0n) is 9.61. The van der Waals surface area contributed by atoms with Crippen molar-refractivity contribution in [1.29, 1.82) is 0 Å². The summed E-state index contributed by atoms with van der Waals surface area (Å²) < 4.78 is 8.88. The van der Waals surface area contributed by atoms with Crippen molar-refractivity contribution in [3.05, 3.63) is 0 Å². The van der Waals surface area contributed by atoms with E-state index < -0.39 is 7.82 Å². The Morgan fingerprint density at radius 2 is 1.12 bits per heavy atom. The average molecular weight is 191 g/mol. The molecule has 4 nitrogen and oxygen atoms in total. The van der Waals surface area contributed by atoms with Gasteiger partial charge >= 0.3 is 105 Å². The van der Waals surface area contributed by atoms with E-state index in [9.17, 15) is 0 Å². The summed E-state index contributed by atoms with van der Waals surface area (Å²) in [5.41, 5.74) is 0. The third kappa shape index (κ3) is 59.2. The van der Waals surface area contributed by atoms with Crippen molar-refractivity contribution in [2.75, 3.05) is 0 Å². The molecule has 0 aromatic carbocycles. The van der Waals surface area contributed by atoms with Gasteiger partial charge in [-0.1, -0.05) is 0 Å². The standard InChI is InChI=1S/K.2Mg.H3O4P.5H/c;;;1-5(2,3)4;;;;;/h;;;(H3,1,2,3,4);;;;;/q+1;2*+2;;5*-1. The molecular weight excluding hydrogens is 183 g/mol. The summed E-state index contributed by atoms with van der Waals surface area (Å²) >= 11 is 0. The summed E-state index contributed by atoms with van der Waals surface area (Å²) in [6.45, 7) is 0. The molecule has 0 radical (unpaired) electrons. The van der Waals surface area contributed by atoms with Crippen LogP contribution in [0.1, 0.15) is 7.13 Å². The van der Waals surface area contributed by atoms with Gasteiger partial charge in [-0.3, -0.25) is 0 Å². The van der Waals surface area contributed by atoms with Crippen molar-refractivity contribution >= 4 is 53.9 Å². The van der Waals surface area contributed by atoms with Crippen LogP contribution >= 0.6 is 7.82 Å². The second-order valence-corrected chi connectivity index (χ2v) is 1.54. The molecule has 8 heavy (non-hydrogen) atoms. The van der Waals surface area contributed by atoms with Crippen molar-refractivity contribution in [3.8, 4) is 0 Å². The van der Waals surface area contributed by atoms with Crippen LogP contribution in [0.2, 0.25) is 0 Å². The molecule has 0 rings (SSSR count). The SMILES string of the molecule is O=P(O)(O)O.[H-].[H-].[H-].[H-].[H-].[K+].[Mg+2].[Mg+2]. The monoisotopic (exact) mass is 190 g/mol. The largest absolute Gasteiger partial charge is 2.00 e. The summed E-state index contributed by atoms with van der Waals surface area (Å²) in [7, 11) is -4.64. The van der Waals surface area contributed by atoms with E-state index in [0.29, 0.717) is 0 Å². The maximum atomic E-state index is 8.88. The fraction of sp³-hybridized carbons (Fsp3) is 0. The molecule has 3 N–H and O–H groups in total. The molecule has 0 spiro atoms. The minimum Gasteiger partial charge on any atom is -1.00 e. The van der Waals surface area contributed by atoms with Crippen LogP contribution in [0.4, 0.5) is 0 Å². The maximum absolute atomic E-state index is 8.88. The van der Waals surface area contributed by atoms with Crippen LogP contribution in [0.15, 0.2) is 0 Å². The van der Waals surface area contributed by atoms with Crippen LogP contribution < -0.4 is 51.4 Å². The van der Waals surface area contributed by atoms with E-state index >= 15 is 0 Å². The molecule has 0 fully saturated rings. The Hall–Kier alpha value is 3.28. The molecule has 0 bridgehead atoms. The van der Waals surface area contributed by atoms with Crippen LogP contribution in [-0.4, -0.2) is 60.8 Å². The predicted octanol–water partition coefficient (Wildman–Crippen LogP) is -4.12. The van der Waals surface area contributed by atoms with Gasteiger partial charge in [-0.05, 0) is 0 Å². The molecule has 42 valence electrons. The predicted molar refractivity (Wildman–Crippen MR) is 31.3 cm³/mol. The Bertz CT molecular complexity index is 72.7. The van der Waals surface area contributed by atoms with Crippen molar-refractivity contribution in [1.82, 2.24) is 0 Å². The quantitative estimate of drug-likeness (QED) is 0.268. The molecule has 0 aliphatic rings. The van der Waals surface area contributed by atoms with Gasteiger partial charge in [-0.15, -0.1) is 0 Å². The summed E-state index contributed by atoms with van der Waals surface area (Å²) in [5.74, 6) is 0. The van der Waals surface area contributed by atoms with Gasteiger partial charge < -0.3 is 21.8 Å². The molecular formula is H8KMg2O4P. The summed E-state index contributed by atoms with van der Waals surface area (Å²) in [6, 6.07) is 0. The number of hydrogen-bond donors (Lipinski definition) is 3. The minimum absolute atomic E-state index is 0. The van der Waals surface area contributed by atoms with Crippen LogP contribution in [0, 0.1) is 0 Å². The Morgan fingerprint density at radius 3 is 1.12 bits per heavy atom. The molecule has 8 heteroatoms. The first kappa shape index (κ1) is 22.5. The topological polar surface area (TPSA) is 77.8 Å². The van der Waals surface area contributed by atoms with E-state index in [1.54, 1.807) is 0 Å². The molecule has 0 unspecified atom stereocenters. The number of phosphoric acid groups is 1. The van der Waals surface area contributed by atoms with Gasteiger partial charge in [0.2, 0.25) is 0 Å². The van der Waals surface area contributed by atoms with Gasteiger partial charge in [-0.2, -0.15) is 0 Å². The van der Waals surface area contributed by atoms with E-state index in [4.69, 9.17) is 19.2 Å². The molecule has 0 amide bonds. The Labute approximate surface area is 129 Å². The van der Waals surface area contributed by atoms with Gasteiger partial charge in [-0.25, -0.2) is 4.57 Å². The van der Waals surface area contributed by atoms with E-state index in [1.807, 2.05) is 0 Å². The Kier molecular flexibility index (Phi) is 28.9. The second-order valence-electron chi connectivity index (χ2n) is 0.513. The van der Waals surface area contributed by atoms with Crippen LogP contribution in [-0.2, 0) is 4.57 Å². The number of rotatable bonds is 0. The molecule has 0 heterocycles. The van der Waals surface area contributed by atoms with E-state index in [0.717, 1.165) is 0 Å². The zero-order valence-corrected chi connectivity index (χ0v) is 11.5. The third-order valence-electron chi connectivity index (χ3n) is 0. The van der Waals surface area contributed by atoms with Crippen LogP contribution in [0.3, 0.4) is 0 Å². The average Bonchev–Trinajstić information content (AvgIpc) is 0.722. The minimum atomic E-state index is -4.64. The van der Waals surface area contributed by atoms with Crippen molar-refractivity contribution < 1.29 is 77.8 Å². The molecule has 0 aromatic rings. The first-order chi connectivity index (χ1) is 2.00. The van der Waals surface area contributed by atoms with Gasteiger partial charge in [0.05, 0.1) is 0 Å². The van der Waals surface area contributed by atoms with Gasteiger partial charge in [0.15, 0.2) is 0 Å². The normalized spacial score (nSPS) is 7.38. The Morgan fingerprint density at radius 1 is 1.12 bits per heavy atom. The van der Waals surface area contributed by atoms with Crippen molar-refractivity contribution in [2.24, 2.45) is 0 Å². The fourth-order valence-corrected chi connectivity index (χ4v) is 0. The van der Waals surface area contributed by atoms with Gasteiger partial charge in [0.25, 0.3) is 0 Å². The first-order valence-corrected chi connectivity index (χ1v) is 2.35. The van der Waals surface area contributed by atoms with E-state index in [1.165, 1.54) is 0 Å².